The van der Waals surface area contributed by atoms with Crippen molar-refractivity contribution in [1.82, 2.24) is 0 Å². The Morgan fingerprint density at radius 3 is 2.55 bits per heavy atom. The smallest absolute Gasteiger partial charge is 0.137 e. The zero-order chi connectivity index (χ0) is 8.85. The van der Waals surface area contributed by atoms with Crippen molar-refractivity contribution in [2.24, 2.45) is 0 Å². The largest absolute Gasteiger partial charge is 0.206 e. The molecule has 0 aromatic rings. The van der Waals surface area contributed by atoms with Crippen LogP contribution in [0.15, 0.2) is 34.6 Å². The summed E-state index contributed by atoms with van der Waals surface area (Å²) in [5.41, 5.74) is 0.712. The predicted molar refractivity (Wildman–Crippen MR) is 51.3 cm³/mol. The normalized spacial score (nSPS) is 13.5. The first kappa shape index (κ1) is 10.6. The van der Waals surface area contributed by atoms with Gasteiger partial charge in [-0.2, -0.15) is 0 Å². The van der Waals surface area contributed by atoms with E-state index in [-0.39, 0.29) is 5.83 Å². The van der Waals surface area contributed by atoms with Crippen molar-refractivity contribution in [1.29, 1.82) is 0 Å². The molecule has 0 rings (SSSR count). The minimum absolute atomic E-state index is 0.264. The van der Waals surface area contributed by atoms with Gasteiger partial charge < -0.3 is 0 Å². The molecule has 2 heteroatoms. The lowest BCUT2D eigenvalue weighted by Crippen LogP contribution is -1.74. The van der Waals surface area contributed by atoms with Crippen LogP contribution in [0.3, 0.4) is 0 Å². The third kappa shape index (κ3) is 4.96. The summed E-state index contributed by atoms with van der Waals surface area (Å²) in [6.45, 7) is 7.28. The summed E-state index contributed by atoms with van der Waals surface area (Å²) in [4.78, 5) is 0. The van der Waals surface area contributed by atoms with Crippen molar-refractivity contribution in [2.45, 2.75) is 20.3 Å². The summed E-state index contributed by atoms with van der Waals surface area (Å²) in [6.07, 6.45) is 3.99. The predicted octanol–water partition coefficient (Wildman–Crippen LogP) is 4.10. The van der Waals surface area contributed by atoms with Gasteiger partial charge in [0, 0.05) is 4.48 Å². The van der Waals surface area contributed by atoms with Crippen LogP contribution in [-0.2, 0) is 0 Å². The first-order chi connectivity index (χ1) is 5.07. The molecule has 0 aliphatic carbocycles. The molecule has 62 valence electrons. The Morgan fingerprint density at radius 1 is 1.64 bits per heavy atom. The molecule has 0 aromatic carbocycles. The molecule has 0 spiro atoms. The Bertz CT molecular complexity index is 202. The van der Waals surface area contributed by atoms with E-state index in [1.54, 1.807) is 13.0 Å². The monoisotopic (exact) mass is 218 g/mol. The van der Waals surface area contributed by atoms with E-state index in [1.165, 1.54) is 6.08 Å². The van der Waals surface area contributed by atoms with Crippen LogP contribution in [0.1, 0.15) is 20.3 Å². The molecular formula is C9H12BrF. The summed E-state index contributed by atoms with van der Waals surface area (Å²) in [5.74, 6) is -0.264. The summed E-state index contributed by atoms with van der Waals surface area (Å²) >= 11 is 3.11. The van der Waals surface area contributed by atoms with Crippen LogP contribution in [0.5, 0.6) is 0 Å². The summed E-state index contributed by atoms with van der Waals surface area (Å²) in [5, 5.41) is 0. The minimum atomic E-state index is -0.264. The molecule has 0 unspecified atom stereocenters. The number of hydrogen-bond acceptors (Lipinski definition) is 0. The second-order valence-electron chi connectivity index (χ2n) is 2.30. The highest BCUT2D eigenvalue weighted by molar-refractivity contribution is 9.11. The standard InChI is InChI=1S/C9H12BrF/c1-4-5-8(10)9(11)6-7(2)3/h5-6H,2,4H2,1,3H3/b8-5+,9-6+. The van der Waals surface area contributed by atoms with Gasteiger partial charge in [-0.25, -0.2) is 4.39 Å². The molecule has 0 saturated carbocycles. The Kier molecular flexibility index (Phi) is 5.12. The molecule has 11 heavy (non-hydrogen) atoms. The number of halogens is 2. The molecular weight excluding hydrogens is 207 g/mol. The molecule has 0 aromatic heterocycles. The highest BCUT2D eigenvalue weighted by Crippen LogP contribution is 2.19. The van der Waals surface area contributed by atoms with Gasteiger partial charge in [0.1, 0.15) is 5.83 Å². The molecule has 0 aliphatic rings. The lowest BCUT2D eigenvalue weighted by Gasteiger charge is -1.93. The first-order valence-corrected chi connectivity index (χ1v) is 4.26. The van der Waals surface area contributed by atoms with E-state index in [2.05, 4.69) is 22.5 Å². The van der Waals surface area contributed by atoms with Crippen LogP contribution in [0, 0.1) is 0 Å². The van der Waals surface area contributed by atoms with Crippen LogP contribution in [0.4, 0.5) is 4.39 Å². The van der Waals surface area contributed by atoms with Crippen LogP contribution in [0.2, 0.25) is 0 Å². The van der Waals surface area contributed by atoms with Gasteiger partial charge >= 0.3 is 0 Å². The Labute approximate surface area is 75.6 Å². The van der Waals surface area contributed by atoms with Gasteiger partial charge in [-0.3, -0.25) is 0 Å². The molecule has 0 fully saturated rings. The lowest BCUT2D eigenvalue weighted by atomic mass is 10.3. The highest BCUT2D eigenvalue weighted by atomic mass is 79.9. The minimum Gasteiger partial charge on any atom is -0.206 e. The Hall–Kier alpha value is -0.370. The molecule has 0 amide bonds. The molecule has 0 heterocycles. The second kappa shape index (κ2) is 5.30. The van der Waals surface area contributed by atoms with Crippen molar-refractivity contribution in [2.75, 3.05) is 0 Å². The maximum absolute atomic E-state index is 12.9. The topological polar surface area (TPSA) is 0 Å². The van der Waals surface area contributed by atoms with Gasteiger partial charge in [-0.1, -0.05) is 25.2 Å². The fourth-order valence-electron chi connectivity index (χ4n) is 0.562. The zero-order valence-corrected chi connectivity index (χ0v) is 8.41. The second-order valence-corrected chi connectivity index (χ2v) is 3.15. The fraction of sp³-hybridized carbons (Fsp3) is 0.333. The third-order valence-electron chi connectivity index (χ3n) is 0.985. The van der Waals surface area contributed by atoms with Crippen molar-refractivity contribution < 1.29 is 4.39 Å². The third-order valence-corrected chi connectivity index (χ3v) is 1.69. The van der Waals surface area contributed by atoms with Crippen molar-refractivity contribution in [3.63, 3.8) is 0 Å². The summed E-state index contributed by atoms with van der Waals surface area (Å²) in [7, 11) is 0. The van der Waals surface area contributed by atoms with Gasteiger partial charge in [-0.15, -0.1) is 0 Å². The van der Waals surface area contributed by atoms with E-state index in [9.17, 15) is 4.39 Å². The van der Waals surface area contributed by atoms with E-state index >= 15 is 0 Å². The van der Waals surface area contributed by atoms with Crippen molar-refractivity contribution >= 4 is 15.9 Å². The van der Waals surface area contributed by atoms with E-state index in [1.807, 2.05) is 6.92 Å². The number of rotatable bonds is 3. The lowest BCUT2D eigenvalue weighted by molar-refractivity contribution is 0.662. The molecule has 0 aliphatic heterocycles. The van der Waals surface area contributed by atoms with Crippen molar-refractivity contribution in [3.05, 3.63) is 34.6 Å². The van der Waals surface area contributed by atoms with Crippen LogP contribution in [0.25, 0.3) is 0 Å². The van der Waals surface area contributed by atoms with Crippen LogP contribution in [-0.4, -0.2) is 0 Å². The molecule has 0 saturated heterocycles. The number of allylic oxidation sites excluding steroid dienone is 5. The maximum Gasteiger partial charge on any atom is 0.137 e. The van der Waals surface area contributed by atoms with Gasteiger partial charge in [0.2, 0.25) is 0 Å². The zero-order valence-electron chi connectivity index (χ0n) is 6.82. The maximum atomic E-state index is 12.9. The first-order valence-electron chi connectivity index (χ1n) is 3.46. The van der Waals surface area contributed by atoms with Gasteiger partial charge in [0.25, 0.3) is 0 Å². The fourth-order valence-corrected chi connectivity index (χ4v) is 1.00. The summed E-state index contributed by atoms with van der Waals surface area (Å²) in [6, 6.07) is 0. The molecule has 0 bridgehead atoms. The van der Waals surface area contributed by atoms with E-state index < -0.39 is 0 Å². The SMILES string of the molecule is C=C(C)/C=C(F)\C(Br)=C/CC. The molecule has 0 radical (unpaired) electrons. The Balaban J connectivity index is 4.35. The molecule has 0 nitrogen and oxygen atoms in total. The van der Waals surface area contributed by atoms with Gasteiger partial charge in [-0.05, 0) is 35.4 Å². The highest BCUT2D eigenvalue weighted by Gasteiger charge is 1.97. The van der Waals surface area contributed by atoms with E-state index in [0.29, 0.717) is 10.1 Å². The van der Waals surface area contributed by atoms with E-state index in [0.717, 1.165) is 6.42 Å². The van der Waals surface area contributed by atoms with Crippen molar-refractivity contribution in [3.8, 4) is 0 Å². The summed E-state index contributed by atoms with van der Waals surface area (Å²) < 4.78 is 13.4. The average molecular weight is 219 g/mol. The van der Waals surface area contributed by atoms with Crippen LogP contribution < -0.4 is 0 Å². The van der Waals surface area contributed by atoms with E-state index in [4.69, 9.17) is 0 Å². The number of hydrogen-bond donors (Lipinski definition) is 0. The van der Waals surface area contributed by atoms with Crippen LogP contribution >= 0.6 is 15.9 Å². The van der Waals surface area contributed by atoms with Gasteiger partial charge in [0.05, 0.1) is 0 Å². The quantitative estimate of drug-likeness (QED) is 0.626. The molecule has 0 N–H and O–H groups in total. The van der Waals surface area contributed by atoms with Gasteiger partial charge in [0.15, 0.2) is 0 Å². The molecule has 0 atom stereocenters. The average Bonchev–Trinajstić information content (AvgIpc) is 1.86. The Morgan fingerprint density at radius 2 is 2.18 bits per heavy atom.